The largest absolute Gasteiger partial charge is 0.399 e. The fraction of sp³-hybridized carbons (Fsp3) is 0.533. The molecule has 0 saturated heterocycles. The van der Waals surface area contributed by atoms with Crippen molar-refractivity contribution in [1.29, 1.82) is 0 Å². The van der Waals surface area contributed by atoms with Gasteiger partial charge in [-0.15, -0.1) is 0 Å². The van der Waals surface area contributed by atoms with Crippen molar-refractivity contribution in [3.63, 3.8) is 0 Å². The van der Waals surface area contributed by atoms with Gasteiger partial charge in [0.25, 0.3) is 0 Å². The molecule has 1 heterocycles. The van der Waals surface area contributed by atoms with Gasteiger partial charge in [-0.2, -0.15) is 0 Å². The number of hydrogen-bond donors (Lipinski definition) is 1. The summed E-state index contributed by atoms with van der Waals surface area (Å²) in [6.45, 7) is 7.17. The Balaban J connectivity index is 2.10. The van der Waals surface area contributed by atoms with E-state index in [0.29, 0.717) is 19.6 Å². The van der Waals surface area contributed by atoms with E-state index in [0.717, 1.165) is 23.4 Å². The smallest absolute Gasteiger partial charge is 0.227 e. The average Bonchev–Trinajstić information content (AvgIpc) is 2.30. The molecule has 0 saturated carbocycles. The number of nitrogen functional groups attached to an aromatic ring is 1. The molecule has 4 heteroatoms. The molecule has 1 aliphatic rings. The summed E-state index contributed by atoms with van der Waals surface area (Å²) in [6.07, 6.45) is 1.32. The van der Waals surface area contributed by atoms with E-state index in [9.17, 15) is 4.79 Å². The molecule has 0 aliphatic carbocycles. The third kappa shape index (κ3) is 3.47. The lowest BCUT2D eigenvalue weighted by molar-refractivity contribution is -0.119. The van der Waals surface area contributed by atoms with Gasteiger partial charge in [0.15, 0.2) is 0 Å². The quantitative estimate of drug-likeness (QED) is 0.851. The summed E-state index contributed by atoms with van der Waals surface area (Å²) >= 11 is 0. The van der Waals surface area contributed by atoms with Crippen LogP contribution in [0.3, 0.4) is 0 Å². The lowest BCUT2D eigenvalue weighted by Crippen LogP contribution is -2.38. The molecule has 0 atom stereocenters. The van der Waals surface area contributed by atoms with Crippen molar-refractivity contribution < 1.29 is 9.53 Å². The summed E-state index contributed by atoms with van der Waals surface area (Å²) in [4.78, 5) is 13.8. The van der Waals surface area contributed by atoms with Crippen molar-refractivity contribution >= 4 is 17.3 Å². The Kier molecular flexibility index (Phi) is 3.80. The van der Waals surface area contributed by atoms with Crippen molar-refractivity contribution in [1.82, 2.24) is 0 Å². The number of nitrogens with zero attached hydrogens (tertiary/aromatic N) is 1. The molecule has 1 amide bonds. The van der Waals surface area contributed by atoms with E-state index in [1.165, 1.54) is 0 Å². The van der Waals surface area contributed by atoms with Gasteiger partial charge in [0.2, 0.25) is 5.91 Å². The van der Waals surface area contributed by atoms with Crippen molar-refractivity contribution in [3.8, 4) is 0 Å². The number of rotatable bonds is 3. The molecular weight excluding hydrogens is 240 g/mol. The van der Waals surface area contributed by atoms with Gasteiger partial charge >= 0.3 is 0 Å². The molecule has 0 bridgehead atoms. The van der Waals surface area contributed by atoms with Crippen LogP contribution < -0.4 is 10.6 Å². The maximum absolute atomic E-state index is 12.0. The van der Waals surface area contributed by atoms with Crippen LogP contribution in [0.4, 0.5) is 11.4 Å². The third-order valence-electron chi connectivity index (χ3n) is 3.15. The average molecular weight is 262 g/mol. The van der Waals surface area contributed by atoms with Crippen LogP contribution in [0.25, 0.3) is 0 Å². The van der Waals surface area contributed by atoms with E-state index in [-0.39, 0.29) is 11.5 Å². The van der Waals surface area contributed by atoms with Crippen LogP contribution in [0.5, 0.6) is 0 Å². The van der Waals surface area contributed by atoms with E-state index in [1.807, 2.05) is 43.9 Å². The summed E-state index contributed by atoms with van der Waals surface area (Å²) in [7, 11) is 0. The number of aryl methyl sites for hydroxylation is 1. The normalized spacial score (nSPS) is 15.5. The van der Waals surface area contributed by atoms with Gasteiger partial charge in [0.05, 0.1) is 12.2 Å². The standard InChI is InChI=1S/C15H22N2O2/c1-15(2,3)19-9-8-17-13-6-5-12(16)10-11(13)4-7-14(17)18/h5-6,10H,4,7-9,16H2,1-3H3. The maximum atomic E-state index is 12.0. The highest BCUT2D eigenvalue weighted by Crippen LogP contribution is 2.29. The highest BCUT2D eigenvalue weighted by Gasteiger charge is 2.24. The van der Waals surface area contributed by atoms with E-state index < -0.39 is 0 Å². The van der Waals surface area contributed by atoms with Crippen LogP contribution >= 0.6 is 0 Å². The lowest BCUT2D eigenvalue weighted by Gasteiger charge is -2.30. The monoisotopic (exact) mass is 262 g/mol. The van der Waals surface area contributed by atoms with E-state index >= 15 is 0 Å². The minimum absolute atomic E-state index is 0.162. The first-order chi connectivity index (χ1) is 8.87. The molecule has 2 N–H and O–H groups in total. The number of amides is 1. The van der Waals surface area contributed by atoms with Crippen molar-refractivity contribution in [2.45, 2.75) is 39.2 Å². The van der Waals surface area contributed by atoms with Crippen molar-refractivity contribution in [2.24, 2.45) is 0 Å². The molecule has 4 nitrogen and oxygen atoms in total. The lowest BCUT2D eigenvalue weighted by atomic mass is 10.0. The third-order valence-corrected chi connectivity index (χ3v) is 3.15. The summed E-state index contributed by atoms with van der Waals surface area (Å²) in [5, 5.41) is 0. The molecule has 1 aromatic rings. The molecule has 19 heavy (non-hydrogen) atoms. The van der Waals surface area contributed by atoms with Gasteiger partial charge in [-0.05, 0) is 51.0 Å². The predicted molar refractivity (Wildman–Crippen MR) is 77.2 cm³/mol. The van der Waals surface area contributed by atoms with Crippen LogP contribution in [0.2, 0.25) is 0 Å². The minimum Gasteiger partial charge on any atom is -0.399 e. The molecule has 1 aromatic carbocycles. The molecule has 1 aliphatic heterocycles. The van der Waals surface area contributed by atoms with Gasteiger partial charge < -0.3 is 15.4 Å². The first kappa shape index (κ1) is 13.9. The first-order valence-corrected chi connectivity index (χ1v) is 6.69. The Hall–Kier alpha value is -1.55. The van der Waals surface area contributed by atoms with Crippen molar-refractivity contribution in [2.75, 3.05) is 23.8 Å². The van der Waals surface area contributed by atoms with Crippen LogP contribution in [-0.2, 0) is 16.0 Å². The Morgan fingerprint density at radius 1 is 1.32 bits per heavy atom. The molecule has 0 aromatic heterocycles. The zero-order valence-electron chi connectivity index (χ0n) is 11.9. The maximum Gasteiger partial charge on any atom is 0.227 e. The number of ether oxygens (including phenoxy) is 1. The summed E-state index contributed by atoms with van der Waals surface area (Å²) in [6, 6.07) is 5.73. The predicted octanol–water partition coefficient (Wildman–Crippen LogP) is 2.36. The number of carbonyl (C=O) groups is 1. The topological polar surface area (TPSA) is 55.6 Å². The number of nitrogens with two attached hydrogens (primary N) is 1. The highest BCUT2D eigenvalue weighted by atomic mass is 16.5. The van der Waals surface area contributed by atoms with E-state index in [4.69, 9.17) is 10.5 Å². The summed E-state index contributed by atoms with van der Waals surface area (Å²) < 4.78 is 5.70. The number of carbonyl (C=O) groups excluding carboxylic acids is 1. The van der Waals surface area contributed by atoms with Gasteiger partial charge in [0.1, 0.15) is 0 Å². The van der Waals surface area contributed by atoms with Gasteiger partial charge in [-0.25, -0.2) is 0 Å². The molecule has 0 radical (unpaired) electrons. The molecule has 0 fully saturated rings. The minimum atomic E-state index is -0.178. The second-order valence-corrected chi connectivity index (χ2v) is 5.89. The molecular formula is C15H22N2O2. The Morgan fingerprint density at radius 3 is 2.74 bits per heavy atom. The fourth-order valence-electron chi connectivity index (χ4n) is 2.27. The van der Waals surface area contributed by atoms with Crippen LogP contribution in [-0.4, -0.2) is 24.7 Å². The number of benzene rings is 1. The van der Waals surface area contributed by atoms with Gasteiger partial charge in [-0.3, -0.25) is 4.79 Å². The summed E-state index contributed by atoms with van der Waals surface area (Å²) in [5.74, 6) is 0.162. The van der Waals surface area contributed by atoms with Crippen LogP contribution in [0.1, 0.15) is 32.8 Å². The Morgan fingerprint density at radius 2 is 2.05 bits per heavy atom. The van der Waals surface area contributed by atoms with Crippen molar-refractivity contribution in [3.05, 3.63) is 23.8 Å². The molecule has 0 spiro atoms. The van der Waals surface area contributed by atoms with Gasteiger partial charge in [-0.1, -0.05) is 0 Å². The highest BCUT2D eigenvalue weighted by molar-refractivity contribution is 5.96. The number of anilines is 2. The number of fused-ring (bicyclic) bond motifs is 1. The second-order valence-electron chi connectivity index (χ2n) is 5.89. The Labute approximate surface area is 114 Å². The molecule has 2 rings (SSSR count). The molecule has 104 valence electrons. The first-order valence-electron chi connectivity index (χ1n) is 6.69. The SMILES string of the molecule is CC(C)(C)OCCN1C(=O)CCc2cc(N)ccc21. The zero-order valence-corrected chi connectivity index (χ0v) is 11.9. The fourth-order valence-corrected chi connectivity index (χ4v) is 2.27. The van der Waals surface area contributed by atoms with E-state index in [1.54, 1.807) is 0 Å². The summed E-state index contributed by atoms with van der Waals surface area (Å²) in [5.41, 5.74) is 8.49. The van der Waals surface area contributed by atoms with Crippen LogP contribution in [0, 0.1) is 0 Å². The molecule has 0 unspecified atom stereocenters. The Bertz CT molecular complexity index is 478. The number of hydrogen-bond acceptors (Lipinski definition) is 3. The second kappa shape index (κ2) is 5.21. The van der Waals surface area contributed by atoms with Crippen LogP contribution in [0.15, 0.2) is 18.2 Å². The van der Waals surface area contributed by atoms with E-state index in [2.05, 4.69) is 0 Å². The zero-order chi connectivity index (χ0) is 14.0. The van der Waals surface area contributed by atoms with Gasteiger partial charge in [0, 0.05) is 24.3 Å².